The van der Waals surface area contributed by atoms with Crippen molar-refractivity contribution in [3.8, 4) is 11.5 Å². The number of carbonyl (C=O) groups is 3. The Morgan fingerprint density at radius 2 is 2.00 bits per heavy atom. The maximum atomic E-state index is 12.3. The van der Waals surface area contributed by atoms with E-state index in [0.29, 0.717) is 16.7 Å². The van der Waals surface area contributed by atoms with Crippen molar-refractivity contribution in [2.24, 2.45) is 0 Å². The van der Waals surface area contributed by atoms with E-state index in [1.165, 1.54) is 12.1 Å². The standard InChI is InChI=1S/C16H16N2O8S/c1-3-25-11-6-9(5-10(14(11)20)18(23)24)7-12-15(21)17(16(22)27-12)8-13(19)26-4-2/h5-7,20H,3-4,8H2,1-2H3/p-1/b12-7+. The van der Waals surface area contributed by atoms with E-state index in [4.69, 9.17) is 9.47 Å². The molecule has 0 aliphatic carbocycles. The predicted molar refractivity (Wildman–Crippen MR) is 93.0 cm³/mol. The highest BCUT2D eigenvalue weighted by molar-refractivity contribution is 8.18. The molecule has 11 heteroatoms. The molecule has 1 saturated heterocycles. The van der Waals surface area contributed by atoms with Crippen LogP contribution in [0.4, 0.5) is 10.5 Å². The normalized spacial score (nSPS) is 15.3. The molecular formula is C16H15N2O8S-. The van der Waals surface area contributed by atoms with Gasteiger partial charge in [-0.3, -0.25) is 29.4 Å². The summed E-state index contributed by atoms with van der Waals surface area (Å²) in [5, 5.41) is 22.4. The molecule has 144 valence electrons. The highest BCUT2D eigenvalue weighted by atomic mass is 32.2. The summed E-state index contributed by atoms with van der Waals surface area (Å²) in [5.41, 5.74) is -0.565. The number of nitro groups is 1. The topological polar surface area (TPSA) is 139 Å². The second kappa shape index (κ2) is 8.54. The average Bonchev–Trinajstić information content (AvgIpc) is 2.85. The van der Waals surface area contributed by atoms with Crippen LogP contribution in [-0.4, -0.2) is 46.7 Å². The van der Waals surface area contributed by atoms with Crippen LogP contribution in [0, 0.1) is 10.1 Å². The summed E-state index contributed by atoms with van der Waals surface area (Å²) in [6, 6.07) is 2.24. The van der Waals surface area contributed by atoms with E-state index in [-0.39, 0.29) is 29.4 Å². The third-order valence-electron chi connectivity index (χ3n) is 3.32. The first-order valence-electron chi connectivity index (χ1n) is 7.81. The van der Waals surface area contributed by atoms with E-state index in [1.807, 2.05) is 0 Å². The lowest BCUT2D eigenvalue weighted by molar-refractivity contribution is -0.398. The van der Waals surface area contributed by atoms with Crippen molar-refractivity contribution in [2.75, 3.05) is 19.8 Å². The molecular weight excluding hydrogens is 380 g/mol. The number of benzene rings is 1. The van der Waals surface area contributed by atoms with E-state index in [2.05, 4.69) is 0 Å². The lowest BCUT2D eigenvalue weighted by Gasteiger charge is -2.14. The molecule has 0 spiro atoms. The Morgan fingerprint density at radius 1 is 1.30 bits per heavy atom. The zero-order valence-electron chi connectivity index (χ0n) is 14.4. The SMILES string of the molecule is CCOC(=O)CN1C(=O)S/C(=C/c2cc(OCC)c([O-])c([N+](=O)[O-])c2)C1=O. The van der Waals surface area contributed by atoms with Crippen molar-refractivity contribution in [1.29, 1.82) is 0 Å². The van der Waals surface area contributed by atoms with Crippen molar-refractivity contribution < 1.29 is 33.9 Å². The van der Waals surface area contributed by atoms with Gasteiger partial charge in [-0.15, -0.1) is 0 Å². The van der Waals surface area contributed by atoms with Gasteiger partial charge in [-0.25, -0.2) is 0 Å². The Hall–Kier alpha value is -3.08. The minimum absolute atomic E-state index is 0.0420. The highest BCUT2D eigenvalue weighted by Crippen LogP contribution is 2.37. The van der Waals surface area contributed by atoms with Gasteiger partial charge >= 0.3 is 5.97 Å². The van der Waals surface area contributed by atoms with Crippen LogP contribution in [0.15, 0.2) is 17.0 Å². The number of carbonyl (C=O) groups excluding carboxylic acids is 3. The first-order chi connectivity index (χ1) is 12.8. The number of hydrogen-bond acceptors (Lipinski definition) is 9. The zero-order chi connectivity index (χ0) is 20.1. The van der Waals surface area contributed by atoms with Gasteiger partial charge < -0.3 is 14.6 Å². The van der Waals surface area contributed by atoms with Crippen molar-refractivity contribution >= 4 is 40.6 Å². The van der Waals surface area contributed by atoms with Gasteiger partial charge in [0, 0.05) is 11.8 Å². The third kappa shape index (κ3) is 4.56. The van der Waals surface area contributed by atoms with Crippen LogP contribution >= 0.6 is 11.8 Å². The maximum absolute atomic E-state index is 12.3. The van der Waals surface area contributed by atoms with Crippen molar-refractivity contribution in [3.05, 3.63) is 32.7 Å². The number of thioether (sulfide) groups is 1. The fraction of sp³-hybridized carbons (Fsp3) is 0.312. The van der Waals surface area contributed by atoms with Gasteiger partial charge in [0.1, 0.15) is 12.3 Å². The van der Waals surface area contributed by atoms with E-state index in [9.17, 15) is 29.6 Å². The minimum Gasteiger partial charge on any atom is -0.865 e. The Bertz CT molecular complexity index is 836. The van der Waals surface area contributed by atoms with E-state index in [1.54, 1.807) is 13.8 Å². The summed E-state index contributed by atoms with van der Waals surface area (Å²) in [4.78, 5) is 46.7. The monoisotopic (exact) mass is 395 g/mol. The van der Waals surface area contributed by atoms with Crippen LogP contribution in [0.2, 0.25) is 0 Å². The summed E-state index contributed by atoms with van der Waals surface area (Å²) in [6.45, 7) is 2.90. The second-order valence-corrected chi connectivity index (χ2v) is 6.12. The van der Waals surface area contributed by atoms with Crippen molar-refractivity contribution in [1.82, 2.24) is 4.90 Å². The fourth-order valence-electron chi connectivity index (χ4n) is 2.21. The molecule has 0 saturated carbocycles. The molecule has 1 aromatic carbocycles. The molecule has 0 N–H and O–H groups in total. The number of rotatable bonds is 7. The molecule has 2 amide bonds. The van der Waals surface area contributed by atoms with Crippen LogP contribution in [-0.2, 0) is 14.3 Å². The van der Waals surface area contributed by atoms with Crippen molar-refractivity contribution in [2.45, 2.75) is 13.8 Å². The van der Waals surface area contributed by atoms with Crippen molar-refractivity contribution in [3.63, 3.8) is 0 Å². The van der Waals surface area contributed by atoms with Crippen LogP contribution < -0.4 is 9.84 Å². The van der Waals surface area contributed by atoms with Gasteiger partial charge in [0.2, 0.25) is 0 Å². The van der Waals surface area contributed by atoms with Gasteiger partial charge in [0.05, 0.1) is 23.0 Å². The quantitative estimate of drug-likeness (QED) is 0.292. The lowest BCUT2D eigenvalue weighted by Crippen LogP contribution is -2.34. The molecule has 0 radical (unpaired) electrons. The number of amides is 2. The Morgan fingerprint density at radius 3 is 2.59 bits per heavy atom. The van der Waals surface area contributed by atoms with E-state index < -0.39 is 40.0 Å². The summed E-state index contributed by atoms with van der Waals surface area (Å²) in [5.74, 6) is -2.57. The Labute approximate surface area is 157 Å². The van der Waals surface area contributed by atoms with Gasteiger partial charge in [-0.1, -0.05) is 0 Å². The Balaban J connectivity index is 2.35. The zero-order valence-corrected chi connectivity index (χ0v) is 15.2. The van der Waals surface area contributed by atoms with Crippen LogP contribution in [0.1, 0.15) is 19.4 Å². The number of hydrogen-bond donors (Lipinski definition) is 0. The van der Waals surface area contributed by atoms with Gasteiger partial charge in [0.15, 0.2) is 0 Å². The number of nitrogens with zero attached hydrogens (tertiary/aromatic N) is 2. The first-order valence-corrected chi connectivity index (χ1v) is 8.63. The van der Waals surface area contributed by atoms with Gasteiger partial charge in [-0.2, -0.15) is 0 Å². The Kier molecular flexibility index (Phi) is 6.40. The summed E-state index contributed by atoms with van der Waals surface area (Å²) in [6.07, 6.45) is 1.23. The van der Waals surface area contributed by atoms with Crippen LogP contribution in [0.25, 0.3) is 6.08 Å². The summed E-state index contributed by atoms with van der Waals surface area (Å²) < 4.78 is 9.82. The molecule has 27 heavy (non-hydrogen) atoms. The first kappa shape index (κ1) is 20.2. The molecule has 2 rings (SSSR count). The smallest absolute Gasteiger partial charge is 0.326 e. The fourth-order valence-corrected chi connectivity index (χ4v) is 3.05. The molecule has 1 aromatic rings. The van der Waals surface area contributed by atoms with Crippen LogP contribution in [0.3, 0.4) is 0 Å². The molecule has 1 fully saturated rings. The molecule has 10 nitrogen and oxygen atoms in total. The molecule has 0 atom stereocenters. The predicted octanol–water partition coefficient (Wildman–Crippen LogP) is 1.67. The van der Waals surface area contributed by atoms with E-state index in [0.717, 1.165) is 6.07 Å². The number of imide groups is 1. The molecule has 1 aliphatic heterocycles. The molecule has 0 unspecified atom stereocenters. The average molecular weight is 395 g/mol. The molecule has 1 aliphatic rings. The maximum Gasteiger partial charge on any atom is 0.326 e. The summed E-state index contributed by atoms with van der Waals surface area (Å²) in [7, 11) is 0. The largest absolute Gasteiger partial charge is 0.865 e. The minimum atomic E-state index is -0.880. The molecule has 0 bridgehead atoms. The third-order valence-corrected chi connectivity index (χ3v) is 4.23. The molecule has 1 heterocycles. The highest BCUT2D eigenvalue weighted by Gasteiger charge is 2.36. The lowest BCUT2D eigenvalue weighted by atomic mass is 10.1. The van der Waals surface area contributed by atoms with Gasteiger partial charge in [0.25, 0.3) is 16.8 Å². The van der Waals surface area contributed by atoms with Gasteiger partial charge in [-0.05, 0) is 43.3 Å². The summed E-state index contributed by atoms with van der Waals surface area (Å²) >= 11 is 0.576. The van der Waals surface area contributed by atoms with Crippen LogP contribution in [0.5, 0.6) is 11.5 Å². The number of nitro benzene ring substituents is 1. The van der Waals surface area contributed by atoms with E-state index >= 15 is 0 Å². The number of esters is 1. The molecule has 0 aromatic heterocycles. The second-order valence-electron chi connectivity index (χ2n) is 5.13. The number of ether oxygens (including phenoxy) is 2.